The van der Waals surface area contributed by atoms with Crippen molar-refractivity contribution in [1.29, 1.82) is 0 Å². The number of nitrogens with zero attached hydrogens (tertiary/aromatic N) is 3. The van der Waals surface area contributed by atoms with E-state index >= 15 is 0 Å². The van der Waals surface area contributed by atoms with E-state index in [1.807, 2.05) is 27.0 Å². The highest BCUT2D eigenvalue weighted by atomic mass is 32.1. The highest BCUT2D eigenvalue weighted by molar-refractivity contribution is 7.15. The van der Waals surface area contributed by atoms with Gasteiger partial charge in [0.25, 0.3) is 0 Å². The molecule has 2 aromatic rings. The van der Waals surface area contributed by atoms with Gasteiger partial charge in [0.2, 0.25) is 5.91 Å². The zero-order valence-corrected chi connectivity index (χ0v) is 10.8. The number of carbonyl (C=O) groups excluding carboxylic acids is 1. The van der Waals surface area contributed by atoms with Crippen LogP contribution < -0.4 is 5.32 Å². The molecule has 0 saturated heterocycles. The molecule has 0 atom stereocenters. The molecule has 0 saturated carbocycles. The van der Waals surface area contributed by atoms with E-state index in [2.05, 4.69) is 15.4 Å². The van der Waals surface area contributed by atoms with E-state index in [-0.39, 0.29) is 12.5 Å². The quantitative estimate of drug-likeness (QED) is 0.905. The third kappa shape index (κ3) is 2.91. The van der Waals surface area contributed by atoms with Crippen LogP contribution in [0.3, 0.4) is 0 Å². The molecule has 2 rings (SSSR count). The Morgan fingerprint density at radius 1 is 1.47 bits per heavy atom. The van der Waals surface area contributed by atoms with Crippen molar-refractivity contribution in [2.75, 3.05) is 5.32 Å². The molecule has 0 spiro atoms. The van der Waals surface area contributed by atoms with E-state index in [1.165, 1.54) is 11.3 Å². The topological polar surface area (TPSA) is 59.8 Å². The summed E-state index contributed by atoms with van der Waals surface area (Å²) in [7, 11) is 0. The molecule has 17 heavy (non-hydrogen) atoms. The number of anilines is 1. The lowest BCUT2D eigenvalue weighted by Crippen LogP contribution is -2.18. The van der Waals surface area contributed by atoms with Crippen molar-refractivity contribution in [2.24, 2.45) is 0 Å². The third-order valence-corrected chi connectivity index (χ3v) is 3.33. The monoisotopic (exact) mass is 250 g/mol. The summed E-state index contributed by atoms with van der Waals surface area (Å²) in [6.45, 7) is 6.07. The molecule has 0 aliphatic carbocycles. The van der Waals surface area contributed by atoms with Gasteiger partial charge < -0.3 is 5.32 Å². The Morgan fingerprint density at radius 3 is 2.76 bits per heavy atom. The number of aryl methyl sites for hydroxylation is 3. The number of rotatable bonds is 3. The zero-order chi connectivity index (χ0) is 12.4. The molecule has 2 heterocycles. The molecule has 0 aromatic carbocycles. The Bertz CT molecular complexity index is 524. The summed E-state index contributed by atoms with van der Waals surface area (Å²) in [5, 5.41) is 7.48. The van der Waals surface area contributed by atoms with Crippen LogP contribution in [0.1, 0.15) is 16.1 Å². The van der Waals surface area contributed by atoms with Crippen LogP contribution in [0.4, 0.5) is 5.13 Å². The Morgan fingerprint density at radius 2 is 2.24 bits per heavy atom. The fraction of sp³-hybridized carbons (Fsp3) is 0.364. The van der Waals surface area contributed by atoms with Crippen molar-refractivity contribution in [2.45, 2.75) is 27.3 Å². The molecule has 0 unspecified atom stereocenters. The van der Waals surface area contributed by atoms with Crippen LogP contribution in [0.2, 0.25) is 0 Å². The van der Waals surface area contributed by atoms with Crippen molar-refractivity contribution in [1.82, 2.24) is 14.8 Å². The third-order valence-electron chi connectivity index (χ3n) is 2.34. The van der Waals surface area contributed by atoms with Crippen LogP contribution in [0.25, 0.3) is 0 Å². The summed E-state index contributed by atoms with van der Waals surface area (Å²) >= 11 is 1.49. The van der Waals surface area contributed by atoms with Gasteiger partial charge in [-0.05, 0) is 26.3 Å². The maximum atomic E-state index is 11.7. The van der Waals surface area contributed by atoms with Gasteiger partial charge in [-0.2, -0.15) is 5.10 Å². The average molecular weight is 250 g/mol. The van der Waals surface area contributed by atoms with E-state index in [0.717, 1.165) is 16.1 Å². The number of hydrogen-bond donors (Lipinski definition) is 1. The van der Waals surface area contributed by atoms with Gasteiger partial charge in [0.05, 0.1) is 11.9 Å². The van der Waals surface area contributed by atoms with Gasteiger partial charge in [-0.1, -0.05) is 0 Å². The summed E-state index contributed by atoms with van der Waals surface area (Å²) < 4.78 is 1.61. The van der Waals surface area contributed by atoms with E-state index in [4.69, 9.17) is 0 Å². The summed E-state index contributed by atoms with van der Waals surface area (Å²) in [4.78, 5) is 17.1. The lowest BCUT2D eigenvalue weighted by atomic mass is 10.4. The highest BCUT2D eigenvalue weighted by Crippen LogP contribution is 2.20. The van der Waals surface area contributed by atoms with Crippen LogP contribution in [0.5, 0.6) is 0 Å². The Balaban J connectivity index is 1.97. The van der Waals surface area contributed by atoms with Gasteiger partial charge in [0.1, 0.15) is 6.54 Å². The van der Waals surface area contributed by atoms with Crippen molar-refractivity contribution in [3.05, 3.63) is 28.5 Å². The maximum absolute atomic E-state index is 11.7. The van der Waals surface area contributed by atoms with Crippen molar-refractivity contribution in [3.63, 3.8) is 0 Å². The molecule has 0 aliphatic rings. The van der Waals surface area contributed by atoms with Crippen molar-refractivity contribution in [3.8, 4) is 0 Å². The smallest absolute Gasteiger partial charge is 0.247 e. The lowest BCUT2D eigenvalue weighted by molar-refractivity contribution is -0.116. The van der Waals surface area contributed by atoms with E-state index in [1.54, 1.807) is 10.9 Å². The minimum absolute atomic E-state index is 0.109. The first-order valence-electron chi connectivity index (χ1n) is 5.27. The summed E-state index contributed by atoms with van der Waals surface area (Å²) in [6, 6.07) is 0. The minimum Gasteiger partial charge on any atom is -0.300 e. The van der Waals surface area contributed by atoms with Gasteiger partial charge in [-0.3, -0.25) is 9.48 Å². The normalized spacial score (nSPS) is 10.5. The molecule has 0 fully saturated rings. The van der Waals surface area contributed by atoms with Gasteiger partial charge in [0, 0.05) is 11.1 Å². The fourth-order valence-electron chi connectivity index (χ4n) is 1.39. The second-order valence-electron chi connectivity index (χ2n) is 3.92. The predicted octanol–water partition coefficient (Wildman–Crippen LogP) is 1.90. The van der Waals surface area contributed by atoms with Crippen LogP contribution in [0, 0.1) is 20.8 Å². The second kappa shape index (κ2) is 4.67. The van der Waals surface area contributed by atoms with Crippen LogP contribution in [-0.2, 0) is 11.3 Å². The summed E-state index contributed by atoms with van der Waals surface area (Å²) in [5.74, 6) is -0.109. The number of nitrogens with one attached hydrogen (secondary N) is 1. The summed E-state index contributed by atoms with van der Waals surface area (Å²) in [6.07, 6.45) is 3.56. The second-order valence-corrected chi connectivity index (χ2v) is 5.13. The maximum Gasteiger partial charge on any atom is 0.247 e. The number of aromatic nitrogens is 3. The zero-order valence-electron chi connectivity index (χ0n) is 10.0. The van der Waals surface area contributed by atoms with Crippen LogP contribution in [-0.4, -0.2) is 20.7 Å². The fourth-order valence-corrected chi connectivity index (χ4v) is 2.22. The number of amides is 1. The van der Waals surface area contributed by atoms with Gasteiger partial charge in [-0.15, -0.1) is 11.3 Å². The molecular formula is C11H14N4OS. The molecular weight excluding hydrogens is 236 g/mol. The van der Waals surface area contributed by atoms with E-state index in [0.29, 0.717) is 5.13 Å². The summed E-state index contributed by atoms with van der Waals surface area (Å²) in [5.41, 5.74) is 2.00. The molecule has 0 aliphatic heterocycles. The Kier molecular flexibility index (Phi) is 3.23. The van der Waals surface area contributed by atoms with Gasteiger partial charge in [0.15, 0.2) is 5.13 Å². The van der Waals surface area contributed by atoms with Crippen LogP contribution >= 0.6 is 11.3 Å². The number of hydrogen-bond acceptors (Lipinski definition) is 4. The molecule has 0 bridgehead atoms. The van der Waals surface area contributed by atoms with Gasteiger partial charge in [-0.25, -0.2) is 4.98 Å². The van der Waals surface area contributed by atoms with Gasteiger partial charge >= 0.3 is 0 Å². The predicted molar refractivity (Wildman–Crippen MR) is 67.2 cm³/mol. The number of thiazole rings is 1. The molecule has 5 nitrogen and oxygen atoms in total. The van der Waals surface area contributed by atoms with Crippen molar-refractivity contribution >= 4 is 22.4 Å². The first-order chi connectivity index (χ1) is 8.04. The Hall–Kier alpha value is -1.69. The minimum atomic E-state index is -0.109. The Labute approximate surface area is 103 Å². The van der Waals surface area contributed by atoms with Crippen LogP contribution in [0.15, 0.2) is 12.4 Å². The van der Waals surface area contributed by atoms with E-state index < -0.39 is 0 Å². The molecule has 1 N–H and O–H groups in total. The average Bonchev–Trinajstić information content (AvgIpc) is 2.75. The highest BCUT2D eigenvalue weighted by Gasteiger charge is 2.08. The standard InChI is InChI=1S/C11H14N4OS/c1-7-4-12-15(5-7)6-10(16)14-11-13-8(2)9(3)17-11/h4-5H,6H2,1-3H3,(H,13,14,16). The molecule has 1 amide bonds. The molecule has 0 radical (unpaired) electrons. The number of carbonyl (C=O) groups is 1. The lowest BCUT2D eigenvalue weighted by Gasteiger charge is -2.01. The molecule has 6 heteroatoms. The largest absolute Gasteiger partial charge is 0.300 e. The first-order valence-corrected chi connectivity index (χ1v) is 6.09. The SMILES string of the molecule is Cc1cnn(CC(=O)Nc2nc(C)c(C)s2)c1. The molecule has 90 valence electrons. The molecule has 2 aromatic heterocycles. The van der Waals surface area contributed by atoms with Crippen molar-refractivity contribution < 1.29 is 4.79 Å². The van der Waals surface area contributed by atoms with E-state index in [9.17, 15) is 4.79 Å². The first kappa shape index (κ1) is 11.8.